The third-order valence-corrected chi connectivity index (χ3v) is 7.77. The molecule has 0 atom stereocenters. The molecule has 0 radical (unpaired) electrons. The van der Waals surface area contributed by atoms with E-state index in [1.54, 1.807) is 0 Å². The quantitative estimate of drug-likeness (QED) is 0.182. The Morgan fingerprint density at radius 1 is 0.600 bits per heavy atom. The maximum atomic E-state index is 4.95. The zero-order chi connectivity index (χ0) is 23.3. The summed E-state index contributed by atoms with van der Waals surface area (Å²) < 4.78 is 2.51. The van der Waals surface area contributed by atoms with Gasteiger partial charge in [-0.1, -0.05) is 78.4 Å². The van der Waals surface area contributed by atoms with Crippen LogP contribution < -0.4 is 0 Å². The Balaban J connectivity index is 1.69. The number of aromatic nitrogens is 2. The lowest BCUT2D eigenvalue weighted by Crippen LogP contribution is -1.97. The monoisotopic (exact) mass is 446 g/mol. The lowest BCUT2D eigenvalue weighted by atomic mass is 9.96. The van der Waals surface area contributed by atoms with Gasteiger partial charge in [0.25, 0.3) is 0 Å². The second-order valence-electron chi connectivity index (χ2n) is 9.78. The first-order valence-corrected chi connectivity index (χ1v) is 12.1. The number of hydrogen-bond donors (Lipinski definition) is 0. The van der Waals surface area contributed by atoms with Gasteiger partial charge < -0.3 is 4.40 Å². The van der Waals surface area contributed by atoms with Crippen LogP contribution in [0.1, 0.15) is 11.1 Å². The van der Waals surface area contributed by atoms with E-state index in [1.165, 1.54) is 76.5 Å². The highest BCUT2D eigenvalue weighted by Crippen LogP contribution is 2.43. The maximum absolute atomic E-state index is 4.95. The first-order valence-electron chi connectivity index (χ1n) is 12.1. The van der Waals surface area contributed by atoms with Crippen molar-refractivity contribution >= 4 is 59.8 Å². The second-order valence-corrected chi connectivity index (χ2v) is 9.78. The molecule has 3 heterocycles. The highest BCUT2D eigenvalue weighted by atomic mass is 14.9. The molecule has 0 saturated carbocycles. The Morgan fingerprint density at radius 3 is 2.31 bits per heavy atom. The van der Waals surface area contributed by atoms with E-state index in [0.29, 0.717) is 0 Å². The number of pyridine rings is 2. The third-order valence-electron chi connectivity index (χ3n) is 7.77. The molecule has 3 aromatic heterocycles. The molecule has 0 unspecified atom stereocenters. The molecular weight excluding hydrogens is 424 g/mol. The van der Waals surface area contributed by atoms with E-state index >= 15 is 0 Å². The number of nitrogens with zero attached hydrogens (tertiary/aromatic N) is 2. The summed E-state index contributed by atoms with van der Waals surface area (Å²) in [4.78, 5) is 4.95. The zero-order valence-corrected chi connectivity index (χ0v) is 19.6. The molecule has 5 aromatic carbocycles. The Bertz CT molecular complexity index is 2110. The zero-order valence-electron chi connectivity index (χ0n) is 19.6. The fourth-order valence-electron chi connectivity index (χ4n) is 6.16. The van der Waals surface area contributed by atoms with Crippen molar-refractivity contribution in [1.82, 2.24) is 9.38 Å². The SMILES string of the molecule is Cc1ccc2cc3c4nccc5ccc6c7ccc(-c8ccccc8)cc7n(c3c(C)c2c1)c6c54. The molecule has 0 N–H and O–H groups in total. The van der Waals surface area contributed by atoms with E-state index in [2.05, 4.69) is 109 Å². The van der Waals surface area contributed by atoms with E-state index in [1.807, 2.05) is 6.20 Å². The summed E-state index contributed by atoms with van der Waals surface area (Å²) >= 11 is 0. The van der Waals surface area contributed by atoms with Gasteiger partial charge in [0, 0.05) is 27.7 Å². The van der Waals surface area contributed by atoms with Crippen LogP contribution in [0.25, 0.3) is 70.9 Å². The van der Waals surface area contributed by atoms with Gasteiger partial charge in [-0.05, 0) is 64.9 Å². The van der Waals surface area contributed by atoms with Crippen molar-refractivity contribution in [2.45, 2.75) is 13.8 Å². The van der Waals surface area contributed by atoms with Gasteiger partial charge in [-0.2, -0.15) is 0 Å². The van der Waals surface area contributed by atoms with Crippen LogP contribution in [0.5, 0.6) is 0 Å². The molecule has 8 aromatic rings. The van der Waals surface area contributed by atoms with Crippen LogP contribution in [0.3, 0.4) is 0 Å². The Kier molecular flexibility index (Phi) is 3.56. The van der Waals surface area contributed by atoms with Gasteiger partial charge in [0.2, 0.25) is 0 Å². The summed E-state index contributed by atoms with van der Waals surface area (Å²) in [6.45, 7) is 4.44. The van der Waals surface area contributed by atoms with Crippen molar-refractivity contribution in [3.05, 3.63) is 108 Å². The van der Waals surface area contributed by atoms with Crippen molar-refractivity contribution in [2.75, 3.05) is 0 Å². The first kappa shape index (κ1) is 18.9. The summed E-state index contributed by atoms with van der Waals surface area (Å²) in [6.07, 6.45) is 1.95. The van der Waals surface area contributed by atoms with Crippen LogP contribution in [0, 0.1) is 13.8 Å². The maximum Gasteiger partial charge on any atom is 0.0823 e. The number of hydrogen-bond acceptors (Lipinski definition) is 1. The van der Waals surface area contributed by atoms with E-state index in [0.717, 1.165) is 5.52 Å². The molecule has 8 rings (SSSR count). The molecule has 0 spiro atoms. The number of benzene rings is 5. The number of aryl methyl sites for hydroxylation is 2. The number of fused-ring (bicyclic) bond motifs is 7. The Morgan fingerprint density at radius 2 is 1.43 bits per heavy atom. The van der Waals surface area contributed by atoms with Crippen molar-refractivity contribution in [1.29, 1.82) is 0 Å². The highest BCUT2D eigenvalue weighted by molar-refractivity contribution is 6.29. The second kappa shape index (κ2) is 6.58. The molecule has 0 amide bonds. The molecule has 35 heavy (non-hydrogen) atoms. The lowest BCUT2D eigenvalue weighted by molar-refractivity contribution is 1.32. The van der Waals surface area contributed by atoms with Gasteiger partial charge in [0.1, 0.15) is 0 Å². The fraction of sp³-hybridized carbons (Fsp3) is 0.0606. The summed E-state index contributed by atoms with van der Waals surface area (Å²) in [6, 6.07) is 33.4. The van der Waals surface area contributed by atoms with Crippen LogP contribution in [0.2, 0.25) is 0 Å². The average molecular weight is 447 g/mol. The topological polar surface area (TPSA) is 17.3 Å². The lowest BCUT2D eigenvalue weighted by Gasteiger charge is -2.16. The molecule has 0 bridgehead atoms. The average Bonchev–Trinajstić information content (AvgIpc) is 3.23. The minimum absolute atomic E-state index is 1.09. The predicted molar refractivity (Wildman–Crippen MR) is 149 cm³/mol. The Labute approximate surface area is 202 Å². The van der Waals surface area contributed by atoms with E-state index in [4.69, 9.17) is 4.98 Å². The van der Waals surface area contributed by atoms with Crippen LogP contribution in [0.15, 0.2) is 97.2 Å². The molecule has 0 aliphatic heterocycles. The molecule has 0 aliphatic rings. The van der Waals surface area contributed by atoms with Crippen LogP contribution >= 0.6 is 0 Å². The number of rotatable bonds is 1. The molecule has 164 valence electrons. The van der Waals surface area contributed by atoms with E-state index in [9.17, 15) is 0 Å². The van der Waals surface area contributed by atoms with Crippen LogP contribution in [-0.4, -0.2) is 9.38 Å². The van der Waals surface area contributed by atoms with Gasteiger partial charge in [-0.3, -0.25) is 4.98 Å². The minimum Gasteiger partial charge on any atom is -0.308 e. The molecule has 2 heteroatoms. The molecule has 0 fully saturated rings. The van der Waals surface area contributed by atoms with E-state index < -0.39 is 0 Å². The minimum atomic E-state index is 1.09. The predicted octanol–water partition coefficient (Wildman–Crippen LogP) is 8.82. The van der Waals surface area contributed by atoms with Gasteiger partial charge in [0.05, 0.1) is 22.1 Å². The standard InChI is InChI=1S/C33H22N2/c1-19-8-9-24-17-28-31-30-22(14-15-34-31)10-13-26-25-12-11-23(21-6-4-3-5-7-21)18-29(25)35(33(26)30)32(28)20(2)27(24)16-19/h3-18H,1-2H3. The van der Waals surface area contributed by atoms with Gasteiger partial charge in [0.15, 0.2) is 0 Å². The van der Waals surface area contributed by atoms with Crippen molar-refractivity contribution < 1.29 is 0 Å². The van der Waals surface area contributed by atoms with Gasteiger partial charge in [-0.25, -0.2) is 0 Å². The van der Waals surface area contributed by atoms with Crippen LogP contribution in [-0.2, 0) is 0 Å². The summed E-state index contributed by atoms with van der Waals surface area (Å²) in [5.41, 5.74) is 9.93. The molecular formula is C33H22N2. The Hall–Kier alpha value is -4.43. The summed E-state index contributed by atoms with van der Waals surface area (Å²) in [5, 5.41) is 8.85. The smallest absolute Gasteiger partial charge is 0.0823 e. The largest absolute Gasteiger partial charge is 0.308 e. The molecule has 0 aliphatic carbocycles. The first-order chi connectivity index (χ1) is 17.2. The molecule has 2 nitrogen and oxygen atoms in total. The van der Waals surface area contributed by atoms with Gasteiger partial charge >= 0.3 is 0 Å². The summed E-state index contributed by atoms with van der Waals surface area (Å²) in [5.74, 6) is 0. The fourth-order valence-corrected chi connectivity index (χ4v) is 6.16. The van der Waals surface area contributed by atoms with Crippen molar-refractivity contribution in [2.24, 2.45) is 0 Å². The van der Waals surface area contributed by atoms with Crippen molar-refractivity contribution in [3.8, 4) is 11.1 Å². The normalized spacial score (nSPS) is 12.3. The van der Waals surface area contributed by atoms with E-state index in [-0.39, 0.29) is 0 Å². The summed E-state index contributed by atoms with van der Waals surface area (Å²) in [7, 11) is 0. The van der Waals surface area contributed by atoms with Crippen LogP contribution in [0.4, 0.5) is 0 Å². The van der Waals surface area contributed by atoms with Gasteiger partial charge in [-0.15, -0.1) is 0 Å². The third kappa shape index (κ3) is 2.41. The highest BCUT2D eigenvalue weighted by Gasteiger charge is 2.21. The molecule has 0 saturated heterocycles. The van der Waals surface area contributed by atoms with Crippen molar-refractivity contribution in [3.63, 3.8) is 0 Å².